The minimum atomic E-state index is 0.456. The summed E-state index contributed by atoms with van der Waals surface area (Å²) in [7, 11) is 0. The van der Waals surface area contributed by atoms with Gasteiger partial charge in [0.2, 0.25) is 0 Å². The van der Waals surface area contributed by atoms with E-state index in [1.165, 1.54) is 24.9 Å². The van der Waals surface area contributed by atoms with Gasteiger partial charge in [-0.3, -0.25) is 4.90 Å². The van der Waals surface area contributed by atoms with Gasteiger partial charge in [0.25, 0.3) is 0 Å². The summed E-state index contributed by atoms with van der Waals surface area (Å²) in [4.78, 5) is 2.59. The van der Waals surface area contributed by atoms with E-state index in [2.05, 4.69) is 36.2 Å². The lowest BCUT2D eigenvalue weighted by atomic mass is 10.0. The van der Waals surface area contributed by atoms with Gasteiger partial charge < -0.3 is 5.32 Å². The van der Waals surface area contributed by atoms with Crippen LogP contribution >= 0.6 is 11.6 Å². The highest BCUT2D eigenvalue weighted by atomic mass is 35.5. The molecule has 18 heavy (non-hydrogen) atoms. The molecule has 1 aliphatic heterocycles. The molecule has 2 rings (SSSR count). The summed E-state index contributed by atoms with van der Waals surface area (Å²) in [5.74, 6) is 0. The fourth-order valence-electron chi connectivity index (χ4n) is 2.90. The van der Waals surface area contributed by atoms with Crippen LogP contribution in [0.15, 0.2) is 24.3 Å². The normalized spacial score (nSPS) is 22.1. The number of halogens is 1. The summed E-state index contributed by atoms with van der Waals surface area (Å²) in [5, 5.41) is 4.32. The number of rotatable bonds is 4. The lowest BCUT2D eigenvalue weighted by molar-refractivity contribution is 0.128. The highest BCUT2D eigenvalue weighted by molar-refractivity contribution is 6.30. The number of hydrogen-bond acceptors (Lipinski definition) is 2. The first-order valence-corrected chi connectivity index (χ1v) is 7.32. The molecular formula is C15H23ClN2. The Kier molecular flexibility index (Phi) is 5.04. The fraction of sp³-hybridized carbons (Fsp3) is 0.600. The van der Waals surface area contributed by atoms with Gasteiger partial charge in [0.1, 0.15) is 0 Å². The number of hydrogen-bond donors (Lipinski definition) is 1. The third-order valence-corrected chi connectivity index (χ3v) is 4.21. The Morgan fingerprint density at radius 3 is 2.67 bits per heavy atom. The molecule has 1 aliphatic rings. The quantitative estimate of drug-likeness (QED) is 0.898. The number of piperidine rings is 1. The fourth-order valence-corrected chi connectivity index (χ4v) is 3.02. The maximum atomic E-state index is 5.95. The lowest BCUT2D eigenvalue weighted by Gasteiger charge is -2.38. The van der Waals surface area contributed by atoms with E-state index in [0.717, 1.165) is 18.1 Å². The Labute approximate surface area is 115 Å². The van der Waals surface area contributed by atoms with Crippen molar-refractivity contribution >= 4 is 11.6 Å². The van der Waals surface area contributed by atoms with E-state index >= 15 is 0 Å². The Morgan fingerprint density at radius 1 is 1.39 bits per heavy atom. The Morgan fingerprint density at radius 2 is 2.11 bits per heavy atom. The molecule has 0 aromatic heterocycles. The molecule has 3 heteroatoms. The third kappa shape index (κ3) is 3.25. The smallest absolute Gasteiger partial charge is 0.0406 e. The lowest BCUT2D eigenvalue weighted by Crippen LogP contribution is -2.46. The zero-order valence-corrected chi connectivity index (χ0v) is 12.1. The molecule has 1 fully saturated rings. The molecule has 1 aromatic rings. The van der Waals surface area contributed by atoms with Crippen molar-refractivity contribution in [2.75, 3.05) is 19.6 Å². The molecule has 2 nitrogen and oxygen atoms in total. The molecule has 100 valence electrons. The van der Waals surface area contributed by atoms with Crippen molar-refractivity contribution in [1.29, 1.82) is 0 Å². The van der Waals surface area contributed by atoms with Crippen LogP contribution in [0.1, 0.15) is 38.3 Å². The predicted octanol–water partition coefficient (Wildman–Crippen LogP) is 3.47. The van der Waals surface area contributed by atoms with Crippen LogP contribution in [0, 0.1) is 0 Å². The number of nitrogens with zero attached hydrogens (tertiary/aromatic N) is 1. The van der Waals surface area contributed by atoms with Crippen molar-refractivity contribution in [3.8, 4) is 0 Å². The second kappa shape index (κ2) is 6.55. The molecule has 1 saturated heterocycles. The van der Waals surface area contributed by atoms with Gasteiger partial charge in [-0.2, -0.15) is 0 Å². The highest BCUT2D eigenvalue weighted by Crippen LogP contribution is 2.25. The molecular weight excluding hydrogens is 244 g/mol. The number of likely N-dealkylation sites (N-methyl/N-ethyl adjacent to an activating group) is 1. The van der Waals surface area contributed by atoms with Crippen molar-refractivity contribution in [2.45, 2.75) is 38.8 Å². The Hall–Kier alpha value is -0.570. The summed E-state index contributed by atoms with van der Waals surface area (Å²) < 4.78 is 0. The second-order valence-electron chi connectivity index (χ2n) is 5.06. The van der Waals surface area contributed by atoms with Gasteiger partial charge in [-0.15, -0.1) is 0 Å². The van der Waals surface area contributed by atoms with Crippen molar-refractivity contribution in [2.24, 2.45) is 0 Å². The SMILES string of the molecule is CCN(C1CCCNC1)C(C)c1ccc(Cl)cc1. The largest absolute Gasteiger partial charge is 0.315 e. The maximum absolute atomic E-state index is 5.95. The maximum Gasteiger partial charge on any atom is 0.0406 e. The molecule has 0 saturated carbocycles. The van der Waals surface area contributed by atoms with Crippen LogP contribution in [0.3, 0.4) is 0 Å². The van der Waals surface area contributed by atoms with E-state index < -0.39 is 0 Å². The minimum Gasteiger partial charge on any atom is -0.315 e. The monoisotopic (exact) mass is 266 g/mol. The van der Waals surface area contributed by atoms with Crippen LogP contribution in [-0.4, -0.2) is 30.6 Å². The van der Waals surface area contributed by atoms with Gasteiger partial charge in [0, 0.05) is 23.7 Å². The van der Waals surface area contributed by atoms with Gasteiger partial charge in [-0.1, -0.05) is 30.7 Å². The molecule has 1 aromatic carbocycles. The van der Waals surface area contributed by atoms with Crippen LogP contribution in [0.4, 0.5) is 0 Å². The molecule has 1 heterocycles. The van der Waals surface area contributed by atoms with Crippen molar-refractivity contribution in [1.82, 2.24) is 10.2 Å². The topological polar surface area (TPSA) is 15.3 Å². The van der Waals surface area contributed by atoms with E-state index in [1.807, 2.05) is 12.1 Å². The first kappa shape index (κ1) is 13.9. The zero-order chi connectivity index (χ0) is 13.0. The summed E-state index contributed by atoms with van der Waals surface area (Å²) in [5.41, 5.74) is 1.35. The van der Waals surface area contributed by atoms with E-state index in [1.54, 1.807) is 0 Å². The summed E-state index contributed by atoms with van der Waals surface area (Å²) in [6.07, 6.45) is 2.59. The van der Waals surface area contributed by atoms with Crippen LogP contribution in [-0.2, 0) is 0 Å². The van der Waals surface area contributed by atoms with Gasteiger partial charge in [0.15, 0.2) is 0 Å². The molecule has 1 N–H and O–H groups in total. The van der Waals surface area contributed by atoms with E-state index in [0.29, 0.717) is 12.1 Å². The number of nitrogens with one attached hydrogen (secondary N) is 1. The molecule has 2 unspecified atom stereocenters. The molecule has 0 amide bonds. The van der Waals surface area contributed by atoms with Crippen molar-refractivity contribution in [3.05, 3.63) is 34.9 Å². The molecule has 0 spiro atoms. The number of benzene rings is 1. The average Bonchev–Trinajstić information content (AvgIpc) is 2.41. The Balaban J connectivity index is 2.08. The average molecular weight is 267 g/mol. The minimum absolute atomic E-state index is 0.456. The van der Waals surface area contributed by atoms with Gasteiger partial charge in [-0.25, -0.2) is 0 Å². The van der Waals surface area contributed by atoms with E-state index in [9.17, 15) is 0 Å². The Bertz CT molecular complexity index is 357. The molecule has 0 aliphatic carbocycles. The first-order valence-electron chi connectivity index (χ1n) is 6.94. The van der Waals surface area contributed by atoms with Gasteiger partial charge >= 0.3 is 0 Å². The molecule has 2 atom stereocenters. The van der Waals surface area contributed by atoms with Crippen LogP contribution < -0.4 is 5.32 Å². The summed E-state index contributed by atoms with van der Waals surface area (Å²) in [6, 6.07) is 9.38. The summed E-state index contributed by atoms with van der Waals surface area (Å²) in [6.45, 7) is 7.92. The van der Waals surface area contributed by atoms with Gasteiger partial charge in [0.05, 0.1) is 0 Å². The van der Waals surface area contributed by atoms with Crippen molar-refractivity contribution < 1.29 is 0 Å². The third-order valence-electron chi connectivity index (χ3n) is 3.95. The summed E-state index contributed by atoms with van der Waals surface area (Å²) >= 11 is 5.95. The highest BCUT2D eigenvalue weighted by Gasteiger charge is 2.24. The molecule has 0 bridgehead atoms. The standard InChI is InChI=1S/C15H23ClN2/c1-3-18(15-5-4-10-17-11-15)12(2)13-6-8-14(16)9-7-13/h6-9,12,15,17H,3-5,10-11H2,1-2H3. The van der Waals surface area contributed by atoms with Crippen molar-refractivity contribution in [3.63, 3.8) is 0 Å². The first-order chi connectivity index (χ1) is 8.72. The van der Waals surface area contributed by atoms with Crippen LogP contribution in [0.5, 0.6) is 0 Å². The van der Waals surface area contributed by atoms with Crippen LogP contribution in [0.25, 0.3) is 0 Å². The van der Waals surface area contributed by atoms with E-state index in [4.69, 9.17) is 11.6 Å². The van der Waals surface area contributed by atoms with Gasteiger partial charge in [-0.05, 0) is 50.6 Å². The van der Waals surface area contributed by atoms with Crippen LogP contribution in [0.2, 0.25) is 5.02 Å². The zero-order valence-electron chi connectivity index (χ0n) is 11.3. The molecule has 0 radical (unpaired) electrons. The van der Waals surface area contributed by atoms with E-state index in [-0.39, 0.29) is 0 Å². The second-order valence-corrected chi connectivity index (χ2v) is 5.49. The predicted molar refractivity (Wildman–Crippen MR) is 78.1 cm³/mol.